The van der Waals surface area contributed by atoms with E-state index >= 15 is 0 Å². The number of rotatable bonds is 1. The molecule has 0 unspecified atom stereocenters. The molecular weight excluding hydrogens is 318 g/mol. The molecule has 0 amide bonds. The Labute approximate surface area is 125 Å². The Kier molecular flexibility index (Phi) is 2.98. The van der Waals surface area contributed by atoms with Gasteiger partial charge in [-0.25, -0.2) is 0 Å². The second kappa shape index (κ2) is 4.56. The molecule has 0 aromatic heterocycles. The molecule has 20 heavy (non-hydrogen) atoms. The minimum atomic E-state index is -0.218. The SMILES string of the molecule is Cc1cc2c(cc1C)[N+]([O-])=C(c1ccccc1Br)C2=O. The van der Waals surface area contributed by atoms with Crippen molar-refractivity contribution in [1.29, 1.82) is 0 Å². The van der Waals surface area contributed by atoms with E-state index in [9.17, 15) is 10.0 Å². The number of fused-ring (bicyclic) bond motifs is 1. The molecule has 0 saturated carbocycles. The summed E-state index contributed by atoms with van der Waals surface area (Å²) < 4.78 is 1.48. The molecule has 1 aliphatic rings. The number of hydrogen-bond donors (Lipinski definition) is 0. The topological polar surface area (TPSA) is 43.1 Å². The highest BCUT2D eigenvalue weighted by atomic mass is 79.9. The summed E-state index contributed by atoms with van der Waals surface area (Å²) in [5.74, 6) is -0.218. The number of ketones is 1. The molecular formula is C16H12BrNO2. The van der Waals surface area contributed by atoms with Gasteiger partial charge in [0.15, 0.2) is 0 Å². The Balaban J connectivity index is 2.25. The fourth-order valence-corrected chi connectivity index (χ4v) is 2.85. The van der Waals surface area contributed by atoms with E-state index in [2.05, 4.69) is 15.9 Å². The van der Waals surface area contributed by atoms with Crippen LogP contribution in [0.1, 0.15) is 27.0 Å². The highest BCUT2D eigenvalue weighted by Gasteiger charge is 2.37. The molecule has 0 bridgehead atoms. The van der Waals surface area contributed by atoms with E-state index in [0.717, 1.165) is 20.3 Å². The number of benzene rings is 2. The van der Waals surface area contributed by atoms with Crippen LogP contribution >= 0.6 is 15.9 Å². The maximum absolute atomic E-state index is 12.5. The molecule has 0 N–H and O–H groups in total. The minimum Gasteiger partial charge on any atom is -0.618 e. The summed E-state index contributed by atoms with van der Waals surface area (Å²) in [6, 6.07) is 10.8. The standard InChI is InChI=1S/C16H12BrNO2/c1-9-7-12-14(8-10(9)2)18(20)15(16(12)19)11-5-3-4-6-13(11)17/h3-8H,1-2H3. The van der Waals surface area contributed by atoms with E-state index in [1.165, 1.54) is 0 Å². The van der Waals surface area contributed by atoms with E-state index in [1.807, 2.05) is 32.0 Å². The van der Waals surface area contributed by atoms with Crippen molar-refractivity contribution in [2.24, 2.45) is 0 Å². The van der Waals surface area contributed by atoms with Gasteiger partial charge in [-0.3, -0.25) is 4.79 Å². The molecule has 3 rings (SSSR count). The van der Waals surface area contributed by atoms with Gasteiger partial charge in [0, 0.05) is 10.5 Å². The summed E-state index contributed by atoms with van der Waals surface area (Å²) in [5, 5.41) is 12.5. The largest absolute Gasteiger partial charge is 0.618 e. The van der Waals surface area contributed by atoms with Gasteiger partial charge in [0.2, 0.25) is 5.69 Å². The first-order valence-electron chi connectivity index (χ1n) is 6.25. The quantitative estimate of drug-likeness (QED) is 0.588. The number of Topliss-reactive ketones (excluding diaryl/α,β-unsaturated/α-hetero) is 1. The first kappa shape index (κ1) is 13.1. The van der Waals surface area contributed by atoms with E-state index in [4.69, 9.17) is 0 Å². The van der Waals surface area contributed by atoms with Crippen molar-refractivity contribution in [3.8, 4) is 0 Å². The molecule has 0 aliphatic carbocycles. The van der Waals surface area contributed by atoms with Gasteiger partial charge in [0.05, 0.1) is 5.56 Å². The Morgan fingerprint density at radius 2 is 1.70 bits per heavy atom. The third-order valence-electron chi connectivity index (χ3n) is 3.62. The lowest BCUT2D eigenvalue weighted by Crippen LogP contribution is -2.17. The number of aryl methyl sites for hydroxylation is 2. The number of carbonyl (C=O) groups excluding carboxylic acids is 1. The van der Waals surface area contributed by atoms with Crippen LogP contribution in [-0.4, -0.2) is 16.2 Å². The normalized spacial score (nSPS) is 13.8. The van der Waals surface area contributed by atoms with Crippen molar-refractivity contribution in [3.63, 3.8) is 0 Å². The Morgan fingerprint density at radius 1 is 1.05 bits per heavy atom. The molecule has 0 saturated heterocycles. The predicted molar refractivity (Wildman–Crippen MR) is 81.8 cm³/mol. The van der Waals surface area contributed by atoms with E-state index < -0.39 is 0 Å². The van der Waals surface area contributed by atoms with Crippen LogP contribution in [0.5, 0.6) is 0 Å². The van der Waals surface area contributed by atoms with Crippen LogP contribution in [0.25, 0.3) is 0 Å². The summed E-state index contributed by atoms with van der Waals surface area (Å²) in [6.45, 7) is 3.87. The second-order valence-electron chi connectivity index (χ2n) is 4.91. The molecule has 0 radical (unpaired) electrons. The van der Waals surface area contributed by atoms with E-state index in [-0.39, 0.29) is 11.5 Å². The molecule has 0 atom stereocenters. The summed E-state index contributed by atoms with van der Waals surface area (Å²) in [4.78, 5) is 12.5. The smallest absolute Gasteiger partial charge is 0.274 e. The van der Waals surface area contributed by atoms with Crippen LogP contribution in [0, 0.1) is 19.1 Å². The van der Waals surface area contributed by atoms with Crippen molar-refractivity contribution in [2.75, 3.05) is 0 Å². The van der Waals surface area contributed by atoms with Gasteiger partial charge in [-0.1, -0.05) is 12.1 Å². The highest BCUT2D eigenvalue weighted by Crippen LogP contribution is 2.32. The van der Waals surface area contributed by atoms with Crippen LogP contribution in [0.2, 0.25) is 0 Å². The molecule has 2 aromatic rings. The average molecular weight is 330 g/mol. The van der Waals surface area contributed by atoms with Crippen LogP contribution in [0.3, 0.4) is 0 Å². The molecule has 3 nitrogen and oxygen atoms in total. The molecule has 4 heteroatoms. The first-order valence-corrected chi connectivity index (χ1v) is 7.05. The zero-order valence-corrected chi connectivity index (χ0v) is 12.7. The van der Waals surface area contributed by atoms with Crippen LogP contribution in [-0.2, 0) is 0 Å². The van der Waals surface area contributed by atoms with Gasteiger partial charge < -0.3 is 5.21 Å². The number of carbonyl (C=O) groups is 1. The zero-order chi connectivity index (χ0) is 14.4. The highest BCUT2D eigenvalue weighted by molar-refractivity contribution is 9.10. The molecule has 1 heterocycles. The lowest BCUT2D eigenvalue weighted by atomic mass is 9.99. The van der Waals surface area contributed by atoms with Crippen LogP contribution < -0.4 is 0 Å². The van der Waals surface area contributed by atoms with E-state index in [1.54, 1.807) is 18.2 Å². The number of hydrogen-bond acceptors (Lipinski definition) is 2. The maximum atomic E-state index is 12.5. The van der Waals surface area contributed by atoms with Crippen LogP contribution in [0.4, 0.5) is 5.69 Å². The third-order valence-corrected chi connectivity index (χ3v) is 4.31. The Morgan fingerprint density at radius 3 is 2.40 bits per heavy atom. The van der Waals surface area contributed by atoms with E-state index in [0.29, 0.717) is 16.8 Å². The van der Waals surface area contributed by atoms with Crippen molar-refractivity contribution >= 4 is 33.1 Å². The summed E-state index contributed by atoms with van der Waals surface area (Å²) >= 11 is 3.40. The van der Waals surface area contributed by atoms with Gasteiger partial charge in [-0.05, 0) is 59.1 Å². The lowest BCUT2D eigenvalue weighted by molar-refractivity contribution is -0.355. The monoisotopic (exact) mass is 329 g/mol. The van der Waals surface area contributed by atoms with Gasteiger partial charge in [-0.2, -0.15) is 4.74 Å². The van der Waals surface area contributed by atoms with Crippen molar-refractivity contribution < 1.29 is 9.53 Å². The lowest BCUT2D eigenvalue weighted by Gasteiger charge is -2.04. The fraction of sp³-hybridized carbons (Fsp3) is 0.125. The summed E-state index contributed by atoms with van der Waals surface area (Å²) in [6.07, 6.45) is 0. The zero-order valence-electron chi connectivity index (χ0n) is 11.1. The van der Waals surface area contributed by atoms with Gasteiger partial charge in [-0.15, -0.1) is 0 Å². The fourth-order valence-electron chi connectivity index (χ4n) is 2.38. The van der Waals surface area contributed by atoms with Crippen molar-refractivity contribution in [1.82, 2.24) is 0 Å². The Bertz CT molecular complexity index is 778. The number of halogens is 1. The minimum absolute atomic E-state index is 0.178. The molecule has 1 aliphatic heterocycles. The van der Waals surface area contributed by atoms with Crippen molar-refractivity contribution in [3.05, 3.63) is 68.3 Å². The summed E-state index contributed by atoms with van der Waals surface area (Å²) in [7, 11) is 0. The van der Waals surface area contributed by atoms with Gasteiger partial charge in [0.25, 0.3) is 11.5 Å². The number of nitrogens with zero attached hydrogens (tertiary/aromatic N) is 1. The maximum Gasteiger partial charge on any atom is 0.274 e. The molecule has 0 fully saturated rings. The molecule has 100 valence electrons. The predicted octanol–water partition coefficient (Wildman–Crippen LogP) is 3.89. The second-order valence-corrected chi connectivity index (χ2v) is 5.76. The average Bonchev–Trinajstić information content (AvgIpc) is 2.64. The van der Waals surface area contributed by atoms with Crippen molar-refractivity contribution in [2.45, 2.75) is 13.8 Å². The van der Waals surface area contributed by atoms with Crippen LogP contribution in [0.15, 0.2) is 40.9 Å². The van der Waals surface area contributed by atoms with Gasteiger partial charge in [0.1, 0.15) is 5.56 Å². The third kappa shape index (κ3) is 1.79. The van der Waals surface area contributed by atoms with Gasteiger partial charge >= 0.3 is 0 Å². The molecule has 0 spiro atoms. The molecule has 2 aromatic carbocycles. The first-order chi connectivity index (χ1) is 9.50. The Hall–Kier alpha value is -1.94. The summed E-state index contributed by atoms with van der Waals surface area (Å²) in [5.41, 5.74) is 3.74.